The van der Waals surface area contributed by atoms with Crippen LogP contribution in [0.5, 0.6) is 0 Å². The fourth-order valence-electron chi connectivity index (χ4n) is 2.24. The summed E-state index contributed by atoms with van der Waals surface area (Å²) in [7, 11) is 0. The number of hydrogen-bond acceptors (Lipinski definition) is 3. The summed E-state index contributed by atoms with van der Waals surface area (Å²) in [5.41, 5.74) is 0.675. The molecule has 1 aliphatic rings. The van der Waals surface area contributed by atoms with Crippen molar-refractivity contribution in [1.29, 1.82) is 0 Å². The molecule has 1 aliphatic heterocycles. The number of halogens is 1. The topological polar surface area (TPSA) is 52.6 Å². The largest absolute Gasteiger partial charge is 0.387 e. The van der Waals surface area contributed by atoms with Crippen LogP contribution in [0, 0.1) is 12.7 Å². The fraction of sp³-hybridized carbons (Fsp3) is 0.500. The smallest absolute Gasteiger partial charge is 0.238 e. The Kier molecular flexibility index (Phi) is 3.87. The van der Waals surface area contributed by atoms with Gasteiger partial charge in [-0.2, -0.15) is 0 Å². The number of carbonyl (C=O) groups excluding carboxylic acids is 1. The van der Waals surface area contributed by atoms with Crippen molar-refractivity contribution >= 4 is 11.6 Å². The van der Waals surface area contributed by atoms with Gasteiger partial charge in [-0.15, -0.1) is 0 Å². The fourth-order valence-corrected chi connectivity index (χ4v) is 2.24. The van der Waals surface area contributed by atoms with E-state index in [0.29, 0.717) is 25.2 Å². The number of aryl methyl sites for hydroxylation is 1. The average Bonchev–Trinajstić information content (AvgIpc) is 2.31. The Morgan fingerprint density at radius 3 is 2.84 bits per heavy atom. The highest BCUT2D eigenvalue weighted by Crippen LogP contribution is 2.23. The highest BCUT2D eigenvalue weighted by Gasteiger charge is 2.39. The SMILES string of the molecule is CCC1(O)CN(CC(=O)Nc2cc(F)ccc2C)C1. The molecule has 1 fully saturated rings. The van der Waals surface area contributed by atoms with Gasteiger partial charge in [-0.3, -0.25) is 9.69 Å². The minimum absolute atomic E-state index is 0.188. The predicted octanol–water partition coefficient (Wildman–Crippen LogP) is 1.53. The van der Waals surface area contributed by atoms with E-state index >= 15 is 0 Å². The lowest BCUT2D eigenvalue weighted by atomic mass is 9.91. The molecule has 1 aromatic rings. The van der Waals surface area contributed by atoms with Crippen molar-refractivity contribution in [3.8, 4) is 0 Å². The van der Waals surface area contributed by atoms with E-state index in [9.17, 15) is 14.3 Å². The van der Waals surface area contributed by atoms with Crippen molar-refractivity contribution in [3.63, 3.8) is 0 Å². The second kappa shape index (κ2) is 5.27. The van der Waals surface area contributed by atoms with Crippen molar-refractivity contribution in [2.45, 2.75) is 25.9 Å². The summed E-state index contributed by atoms with van der Waals surface area (Å²) in [5.74, 6) is -0.558. The number of nitrogens with one attached hydrogen (secondary N) is 1. The van der Waals surface area contributed by atoms with Crippen LogP contribution in [0.1, 0.15) is 18.9 Å². The van der Waals surface area contributed by atoms with Gasteiger partial charge in [0.05, 0.1) is 12.1 Å². The number of rotatable bonds is 4. The monoisotopic (exact) mass is 266 g/mol. The molecular weight excluding hydrogens is 247 g/mol. The van der Waals surface area contributed by atoms with Crippen LogP contribution in [0.3, 0.4) is 0 Å². The van der Waals surface area contributed by atoms with Gasteiger partial charge in [0.2, 0.25) is 5.91 Å². The zero-order valence-electron chi connectivity index (χ0n) is 11.2. The van der Waals surface area contributed by atoms with E-state index < -0.39 is 5.60 Å². The van der Waals surface area contributed by atoms with Crippen LogP contribution in [-0.2, 0) is 4.79 Å². The second-order valence-electron chi connectivity index (χ2n) is 5.23. The zero-order valence-corrected chi connectivity index (χ0v) is 11.2. The van der Waals surface area contributed by atoms with Crippen molar-refractivity contribution in [3.05, 3.63) is 29.6 Å². The molecule has 0 atom stereocenters. The van der Waals surface area contributed by atoms with Gasteiger partial charge >= 0.3 is 0 Å². The first-order chi connectivity index (χ1) is 8.92. The molecular formula is C14H19FN2O2. The number of β-amino-alcohol motifs (C(OH)–C–C–N with tert-alkyl or cyclic N) is 1. The third-order valence-electron chi connectivity index (χ3n) is 3.53. The molecule has 0 radical (unpaired) electrons. The summed E-state index contributed by atoms with van der Waals surface area (Å²) in [6, 6.07) is 4.30. The minimum atomic E-state index is -0.644. The molecule has 19 heavy (non-hydrogen) atoms. The first-order valence-corrected chi connectivity index (χ1v) is 6.42. The molecule has 2 N–H and O–H groups in total. The predicted molar refractivity (Wildman–Crippen MR) is 71.4 cm³/mol. The van der Waals surface area contributed by atoms with Crippen LogP contribution in [0.2, 0.25) is 0 Å². The summed E-state index contributed by atoms with van der Waals surface area (Å²) in [6.07, 6.45) is 0.689. The molecule has 0 saturated carbocycles. The quantitative estimate of drug-likeness (QED) is 0.869. The summed E-state index contributed by atoms with van der Waals surface area (Å²) in [5, 5.41) is 12.5. The number of benzene rings is 1. The van der Waals surface area contributed by atoms with E-state index in [0.717, 1.165) is 5.56 Å². The molecule has 4 nitrogen and oxygen atoms in total. The maximum absolute atomic E-state index is 13.1. The molecule has 5 heteroatoms. The molecule has 0 aliphatic carbocycles. The van der Waals surface area contributed by atoms with E-state index in [1.807, 2.05) is 18.7 Å². The summed E-state index contributed by atoms with van der Waals surface area (Å²) in [4.78, 5) is 13.7. The van der Waals surface area contributed by atoms with Gasteiger partial charge < -0.3 is 10.4 Å². The van der Waals surface area contributed by atoms with E-state index in [1.54, 1.807) is 6.07 Å². The van der Waals surface area contributed by atoms with E-state index in [1.165, 1.54) is 12.1 Å². The van der Waals surface area contributed by atoms with Gasteiger partial charge in [0.15, 0.2) is 0 Å². The standard InChI is InChI=1S/C14H19FN2O2/c1-3-14(19)8-17(9-14)7-13(18)16-12-6-11(15)5-4-10(12)2/h4-6,19H,3,7-9H2,1-2H3,(H,16,18). The Hall–Kier alpha value is -1.46. The Bertz CT molecular complexity index is 484. The Morgan fingerprint density at radius 1 is 1.53 bits per heavy atom. The van der Waals surface area contributed by atoms with Crippen molar-refractivity contribution in [2.75, 3.05) is 25.0 Å². The molecule has 2 rings (SSSR count). The normalized spacial score (nSPS) is 17.9. The van der Waals surface area contributed by atoms with Crippen LogP contribution in [0.4, 0.5) is 10.1 Å². The van der Waals surface area contributed by atoms with Gasteiger partial charge in [-0.05, 0) is 31.0 Å². The highest BCUT2D eigenvalue weighted by atomic mass is 19.1. The maximum Gasteiger partial charge on any atom is 0.238 e. The van der Waals surface area contributed by atoms with Crippen molar-refractivity contribution in [2.24, 2.45) is 0 Å². The molecule has 0 unspecified atom stereocenters. The lowest BCUT2D eigenvalue weighted by Gasteiger charge is -2.45. The first-order valence-electron chi connectivity index (χ1n) is 6.42. The molecule has 104 valence electrons. The van der Waals surface area contributed by atoms with Crippen LogP contribution < -0.4 is 5.32 Å². The van der Waals surface area contributed by atoms with Crippen molar-refractivity contribution in [1.82, 2.24) is 4.90 Å². The number of carbonyl (C=O) groups is 1. The van der Waals surface area contributed by atoms with Crippen LogP contribution in [-0.4, -0.2) is 41.1 Å². The van der Waals surface area contributed by atoms with Crippen LogP contribution in [0.25, 0.3) is 0 Å². The molecule has 0 spiro atoms. The van der Waals surface area contributed by atoms with Crippen LogP contribution in [0.15, 0.2) is 18.2 Å². The average molecular weight is 266 g/mol. The van der Waals surface area contributed by atoms with Gasteiger partial charge in [0.1, 0.15) is 5.82 Å². The molecule has 1 heterocycles. The van der Waals surface area contributed by atoms with Gasteiger partial charge in [-0.1, -0.05) is 13.0 Å². The summed E-state index contributed by atoms with van der Waals surface area (Å²) in [6.45, 7) is 4.98. The minimum Gasteiger partial charge on any atom is -0.387 e. The zero-order chi connectivity index (χ0) is 14.0. The summed E-state index contributed by atoms with van der Waals surface area (Å²) < 4.78 is 13.1. The number of nitrogens with zero attached hydrogens (tertiary/aromatic N) is 1. The Balaban J connectivity index is 1.87. The number of aliphatic hydroxyl groups is 1. The lowest BCUT2D eigenvalue weighted by Crippen LogP contribution is -2.62. The number of amides is 1. The molecule has 0 bridgehead atoms. The van der Waals surface area contributed by atoms with Crippen LogP contribution >= 0.6 is 0 Å². The number of anilines is 1. The van der Waals surface area contributed by atoms with E-state index in [2.05, 4.69) is 5.32 Å². The third kappa shape index (κ3) is 3.30. The second-order valence-corrected chi connectivity index (χ2v) is 5.23. The van der Waals surface area contributed by atoms with Gasteiger partial charge in [0.25, 0.3) is 0 Å². The lowest BCUT2D eigenvalue weighted by molar-refractivity contribution is -0.128. The van der Waals surface area contributed by atoms with Gasteiger partial charge in [-0.25, -0.2) is 4.39 Å². The van der Waals surface area contributed by atoms with E-state index in [4.69, 9.17) is 0 Å². The first kappa shape index (κ1) is 14.0. The highest BCUT2D eigenvalue weighted by molar-refractivity contribution is 5.93. The Labute approximate surface area is 112 Å². The Morgan fingerprint density at radius 2 is 2.21 bits per heavy atom. The molecule has 0 aromatic heterocycles. The van der Waals surface area contributed by atoms with Crippen molar-refractivity contribution < 1.29 is 14.3 Å². The molecule has 1 aromatic carbocycles. The number of likely N-dealkylation sites (tertiary alicyclic amines) is 1. The van der Waals surface area contributed by atoms with Gasteiger partial charge in [0, 0.05) is 18.8 Å². The summed E-state index contributed by atoms with van der Waals surface area (Å²) >= 11 is 0. The maximum atomic E-state index is 13.1. The molecule has 1 saturated heterocycles. The molecule has 1 amide bonds. The van der Waals surface area contributed by atoms with E-state index in [-0.39, 0.29) is 18.3 Å². The third-order valence-corrected chi connectivity index (χ3v) is 3.53. The number of hydrogen-bond donors (Lipinski definition) is 2.